The first kappa shape index (κ1) is 15.9. The molecule has 0 radical (unpaired) electrons. The van der Waals surface area contributed by atoms with Crippen LogP contribution in [0.1, 0.15) is 17.9 Å². The Morgan fingerprint density at radius 1 is 1.12 bits per heavy atom. The van der Waals surface area contributed by atoms with Crippen LogP contribution in [0.15, 0.2) is 53.5 Å². The molecule has 0 atom stereocenters. The average Bonchev–Trinajstić information content (AvgIpc) is 3.08. The van der Waals surface area contributed by atoms with E-state index in [-0.39, 0.29) is 30.9 Å². The Morgan fingerprint density at radius 3 is 2.88 bits per heavy atom. The number of para-hydroxylation sites is 2. The summed E-state index contributed by atoms with van der Waals surface area (Å²) < 4.78 is 1.82. The Labute approximate surface area is 147 Å². The van der Waals surface area contributed by atoms with Crippen LogP contribution in [-0.4, -0.2) is 30.5 Å². The largest absolute Gasteiger partial charge is 0.349 e. The molecule has 0 aliphatic carbocycles. The van der Waals surface area contributed by atoms with Crippen LogP contribution in [-0.2, 0) is 17.8 Å². The number of hydrogen-bond donors (Lipinski definition) is 2. The molecule has 8 heteroatoms. The smallest absolute Gasteiger partial charge is 0.270 e. The summed E-state index contributed by atoms with van der Waals surface area (Å²) in [6.45, 7) is 0.269. The molecular weight excluding hydrogens is 332 g/mol. The van der Waals surface area contributed by atoms with Gasteiger partial charge in [-0.2, -0.15) is 0 Å². The van der Waals surface area contributed by atoms with E-state index in [1.807, 2.05) is 47.0 Å². The van der Waals surface area contributed by atoms with Crippen LogP contribution >= 0.6 is 0 Å². The van der Waals surface area contributed by atoms with Gasteiger partial charge in [0.2, 0.25) is 5.91 Å². The minimum Gasteiger partial charge on any atom is -0.349 e. The molecule has 3 aromatic heterocycles. The molecule has 4 rings (SSSR count). The number of nitrogens with one attached hydrogen (secondary N) is 2. The van der Waals surface area contributed by atoms with Crippen LogP contribution in [0.5, 0.6) is 0 Å². The molecule has 1 aromatic carbocycles. The first-order valence-electron chi connectivity index (χ1n) is 8.24. The van der Waals surface area contributed by atoms with Crippen LogP contribution in [0.3, 0.4) is 0 Å². The van der Waals surface area contributed by atoms with Gasteiger partial charge >= 0.3 is 0 Å². The summed E-state index contributed by atoms with van der Waals surface area (Å²) in [5, 5.41) is 10.9. The molecule has 0 bridgehead atoms. The van der Waals surface area contributed by atoms with Gasteiger partial charge in [-0.15, -0.1) is 10.2 Å². The molecule has 8 nitrogen and oxygen atoms in total. The number of aryl methyl sites for hydroxylation is 1. The van der Waals surface area contributed by atoms with Gasteiger partial charge in [0, 0.05) is 19.0 Å². The van der Waals surface area contributed by atoms with Gasteiger partial charge in [0.1, 0.15) is 5.69 Å². The maximum absolute atomic E-state index is 12.1. The number of rotatable bonds is 5. The maximum Gasteiger partial charge on any atom is 0.270 e. The monoisotopic (exact) mass is 348 g/mol. The molecule has 1 amide bonds. The number of carbonyl (C=O) groups excluding carboxylic acids is 1. The summed E-state index contributed by atoms with van der Waals surface area (Å²) in [4.78, 5) is 31.3. The maximum atomic E-state index is 12.1. The number of aromatic amines is 1. The van der Waals surface area contributed by atoms with E-state index in [9.17, 15) is 9.59 Å². The number of H-pyrrole nitrogens is 1. The van der Waals surface area contributed by atoms with Gasteiger partial charge in [0.25, 0.3) is 5.56 Å². The van der Waals surface area contributed by atoms with Gasteiger partial charge in [-0.3, -0.25) is 14.0 Å². The van der Waals surface area contributed by atoms with Crippen molar-refractivity contribution in [1.29, 1.82) is 0 Å². The summed E-state index contributed by atoms with van der Waals surface area (Å²) in [6.07, 6.45) is 2.28. The molecule has 0 saturated carbocycles. The number of carbonyl (C=O) groups is 1. The Bertz CT molecular complexity index is 1150. The normalized spacial score (nSPS) is 11.1. The third-order valence-electron chi connectivity index (χ3n) is 4.09. The SMILES string of the molecule is O=C(CCc1nc2ccccc2[nH]c1=O)NCc1nnc2ccccn12. The molecule has 130 valence electrons. The molecule has 2 N–H and O–H groups in total. The van der Waals surface area contributed by atoms with E-state index in [2.05, 4.69) is 25.5 Å². The van der Waals surface area contributed by atoms with E-state index in [0.29, 0.717) is 22.6 Å². The van der Waals surface area contributed by atoms with Crippen LogP contribution in [0.25, 0.3) is 16.7 Å². The zero-order valence-electron chi connectivity index (χ0n) is 13.8. The molecule has 0 unspecified atom stereocenters. The highest BCUT2D eigenvalue weighted by Gasteiger charge is 2.10. The number of fused-ring (bicyclic) bond motifs is 2. The predicted molar refractivity (Wildman–Crippen MR) is 95.5 cm³/mol. The number of benzene rings is 1. The van der Waals surface area contributed by atoms with E-state index in [0.717, 1.165) is 5.65 Å². The Hall–Kier alpha value is -3.55. The third-order valence-corrected chi connectivity index (χ3v) is 4.09. The molecular formula is C18H16N6O2. The fraction of sp³-hybridized carbons (Fsp3) is 0.167. The highest BCUT2D eigenvalue weighted by Crippen LogP contribution is 2.07. The van der Waals surface area contributed by atoms with Crippen LogP contribution in [0.2, 0.25) is 0 Å². The van der Waals surface area contributed by atoms with E-state index in [4.69, 9.17) is 0 Å². The number of nitrogens with zero attached hydrogens (tertiary/aromatic N) is 4. The second-order valence-corrected chi connectivity index (χ2v) is 5.85. The molecule has 0 fully saturated rings. The zero-order chi connectivity index (χ0) is 17.9. The summed E-state index contributed by atoms with van der Waals surface area (Å²) >= 11 is 0. The number of amides is 1. The lowest BCUT2D eigenvalue weighted by molar-refractivity contribution is -0.121. The Morgan fingerprint density at radius 2 is 1.96 bits per heavy atom. The molecule has 3 heterocycles. The Kier molecular flexibility index (Phi) is 4.14. The van der Waals surface area contributed by atoms with Crippen molar-refractivity contribution >= 4 is 22.6 Å². The summed E-state index contributed by atoms with van der Waals surface area (Å²) in [5.41, 5.74) is 2.21. The minimum absolute atomic E-state index is 0.172. The number of aromatic nitrogens is 5. The van der Waals surface area contributed by atoms with Crippen molar-refractivity contribution in [2.75, 3.05) is 0 Å². The van der Waals surface area contributed by atoms with Crippen molar-refractivity contribution in [3.05, 3.63) is 70.5 Å². The highest BCUT2D eigenvalue weighted by molar-refractivity contribution is 5.76. The average molecular weight is 348 g/mol. The van der Waals surface area contributed by atoms with Crippen molar-refractivity contribution in [2.45, 2.75) is 19.4 Å². The molecule has 0 aliphatic heterocycles. The van der Waals surface area contributed by atoms with E-state index >= 15 is 0 Å². The first-order valence-corrected chi connectivity index (χ1v) is 8.24. The highest BCUT2D eigenvalue weighted by atomic mass is 16.1. The van der Waals surface area contributed by atoms with E-state index in [1.54, 1.807) is 6.07 Å². The molecule has 0 aliphatic rings. The fourth-order valence-electron chi connectivity index (χ4n) is 2.75. The predicted octanol–water partition coefficient (Wildman–Crippen LogP) is 1.21. The van der Waals surface area contributed by atoms with Gasteiger partial charge in [-0.25, -0.2) is 4.98 Å². The quantitative estimate of drug-likeness (QED) is 0.564. The fourth-order valence-corrected chi connectivity index (χ4v) is 2.75. The molecule has 0 saturated heterocycles. The lowest BCUT2D eigenvalue weighted by Crippen LogP contribution is -2.25. The summed E-state index contributed by atoms with van der Waals surface area (Å²) in [7, 11) is 0. The second-order valence-electron chi connectivity index (χ2n) is 5.85. The lowest BCUT2D eigenvalue weighted by atomic mass is 10.2. The molecule has 4 aromatic rings. The lowest BCUT2D eigenvalue weighted by Gasteiger charge is -2.05. The van der Waals surface area contributed by atoms with Gasteiger partial charge in [0.15, 0.2) is 11.5 Å². The second kappa shape index (κ2) is 6.75. The molecule has 0 spiro atoms. The van der Waals surface area contributed by atoms with Crippen molar-refractivity contribution in [2.24, 2.45) is 0 Å². The standard InChI is InChI=1S/C18H16N6O2/c25-17(19-11-16-23-22-15-7-3-4-10-24(15)16)9-8-14-18(26)21-13-6-2-1-5-12(13)20-14/h1-7,10H,8-9,11H2,(H,19,25)(H,21,26). The first-order chi connectivity index (χ1) is 12.7. The third kappa shape index (κ3) is 3.16. The molecule has 26 heavy (non-hydrogen) atoms. The van der Waals surface area contributed by atoms with Gasteiger partial charge in [0.05, 0.1) is 17.6 Å². The zero-order valence-corrected chi connectivity index (χ0v) is 13.8. The van der Waals surface area contributed by atoms with Gasteiger partial charge in [-0.1, -0.05) is 18.2 Å². The topological polar surface area (TPSA) is 105 Å². The summed E-state index contributed by atoms with van der Waals surface area (Å²) in [5.74, 6) is 0.475. The number of hydrogen-bond acceptors (Lipinski definition) is 5. The minimum atomic E-state index is -0.264. The summed E-state index contributed by atoms with van der Waals surface area (Å²) in [6, 6.07) is 12.9. The van der Waals surface area contributed by atoms with Crippen molar-refractivity contribution in [3.63, 3.8) is 0 Å². The van der Waals surface area contributed by atoms with Crippen molar-refractivity contribution in [1.82, 2.24) is 29.9 Å². The Balaban J connectivity index is 1.40. The van der Waals surface area contributed by atoms with Crippen molar-refractivity contribution in [3.8, 4) is 0 Å². The number of pyridine rings is 1. The van der Waals surface area contributed by atoms with E-state index in [1.165, 1.54) is 0 Å². The van der Waals surface area contributed by atoms with E-state index < -0.39 is 0 Å². The van der Waals surface area contributed by atoms with Gasteiger partial charge in [-0.05, 0) is 24.3 Å². The van der Waals surface area contributed by atoms with Crippen molar-refractivity contribution < 1.29 is 4.79 Å². The van der Waals surface area contributed by atoms with Crippen LogP contribution < -0.4 is 10.9 Å². The van der Waals surface area contributed by atoms with Gasteiger partial charge < -0.3 is 10.3 Å². The van der Waals surface area contributed by atoms with Crippen LogP contribution in [0, 0.1) is 0 Å². The van der Waals surface area contributed by atoms with Crippen LogP contribution in [0.4, 0.5) is 0 Å².